The van der Waals surface area contributed by atoms with Crippen LogP contribution in [0.2, 0.25) is 0 Å². The van der Waals surface area contributed by atoms with Crippen molar-refractivity contribution < 1.29 is 14.4 Å². The van der Waals surface area contributed by atoms with E-state index in [1.54, 1.807) is 24.3 Å². The average molecular weight is 334 g/mol. The number of nitrogens with one attached hydrogen (secondary N) is 1. The number of hydrogen-bond acceptors (Lipinski definition) is 3. The first-order chi connectivity index (χ1) is 12.1. The van der Waals surface area contributed by atoms with E-state index in [0.29, 0.717) is 11.1 Å². The Bertz CT molecular complexity index is 821. The molecule has 1 fully saturated rings. The molecule has 2 aliphatic rings. The summed E-state index contributed by atoms with van der Waals surface area (Å²) in [5.74, 6) is -1.12. The van der Waals surface area contributed by atoms with Crippen LogP contribution in [0.1, 0.15) is 45.5 Å². The molecule has 5 heteroatoms. The zero-order valence-electron chi connectivity index (χ0n) is 13.7. The van der Waals surface area contributed by atoms with E-state index < -0.39 is 11.8 Å². The van der Waals surface area contributed by atoms with Crippen molar-refractivity contribution in [2.45, 2.75) is 24.8 Å². The number of carbonyl (C=O) groups is 3. The second-order valence-electron chi connectivity index (χ2n) is 6.59. The predicted octanol–water partition coefficient (Wildman–Crippen LogP) is 2.48. The predicted molar refractivity (Wildman–Crippen MR) is 91.9 cm³/mol. The minimum atomic E-state index is -0.405. The van der Waals surface area contributed by atoms with Crippen LogP contribution in [0.25, 0.3) is 0 Å². The number of amides is 3. The lowest BCUT2D eigenvalue weighted by molar-refractivity contribution is -0.124. The van der Waals surface area contributed by atoms with Gasteiger partial charge in [-0.05, 0) is 37.0 Å². The number of fused-ring (bicyclic) bond motifs is 1. The molecule has 0 spiro atoms. The van der Waals surface area contributed by atoms with Gasteiger partial charge in [-0.1, -0.05) is 42.5 Å². The molecule has 2 aromatic carbocycles. The van der Waals surface area contributed by atoms with Crippen LogP contribution in [0.15, 0.2) is 54.6 Å². The van der Waals surface area contributed by atoms with E-state index >= 15 is 0 Å². The van der Waals surface area contributed by atoms with E-state index in [2.05, 4.69) is 5.32 Å². The molecule has 0 unspecified atom stereocenters. The molecule has 2 aromatic rings. The van der Waals surface area contributed by atoms with Crippen molar-refractivity contribution in [3.8, 4) is 0 Å². The summed E-state index contributed by atoms with van der Waals surface area (Å²) < 4.78 is 0. The van der Waals surface area contributed by atoms with Crippen LogP contribution < -0.4 is 5.32 Å². The fourth-order valence-corrected chi connectivity index (χ4v) is 3.61. The summed E-state index contributed by atoms with van der Waals surface area (Å²) in [5.41, 5.74) is 1.41. The summed E-state index contributed by atoms with van der Waals surface area (Å²) in [5, 5.41) is 3.06. The number of benzene rings is 2. The molecule has 25 heavy (non-hydrogen) atoms. The Morgan fingerprint density at radius 1 is 0.920 bits per heavy atom. The zero-order valence-corrected chi connectivity index (χ0v) is 13.7. The van der Waals surface area contributed by atoms with E-state index in [1.807, 2.05) is 30.3 Å². The number of rotatable bonds is 4. The van der Waals surface area contributed by atoms with Gasteiger partial charge in [-0.25, -0.2) is 0 Å². The fourth-order valence-electron chi connectivity index (χ4n) is 3.61. The average Bonchev–Trinajstić information content (AvgIpc) is 2.84. The third kappa shape index (κ3) is 2.52. The Balaban J connectivity index is 1.50. The molecule has 0 aromatic heterocycles. The van der Waals surface area contributed by atoms with Crippen LogP contribution in [0.5, 0.6) is 0 Å². The Morgan fingerprint density at radius 2 is 1.48 bits per heavy atom. The Hall–Kier alpha value is -2.95. The van der Waals surface area contributed by atoms with Gasteiger partial charge in [-0.15, -0.1) is 0 Å². The SMILES string of the molecule is O=C(CN1C(=O)c2ccccc2C1=O)NC1(c2ccccc2)CCC1. The van der Waals surface area contributed by atoms with E-state index in [0.717, 1.165) is 29.7 Å². The lowest BCUT2D eigenvalue weighted by atomic mass is 9.72. The standard InChI is InChI=1S/C20H18N2O3/c23-17(21-20(11-6-12-20)14-7-2-1-3-8-14)13-22-18(24)15-9-4-5-10-16(15)19(22)25/h1-5,7-10H,6,11-13H2,(H,21,23). The Kier molecular flexibility index (Phi) is 3.64. The van der Waals surface area contributed by atoms with Crippen LogP contribution in [0, 0.1) is 0 Å². The van der Waals surface area contributed by atoms with Crippen molar-refractivity contribution in [3.05, 3.63) is 71.3 Å². The summed E-state index contributed by atoms with van der Waals surface area (Å²) in [6, 6.07) is 16.5. The molecular formula is C20H18N2O3. The first kappa shape index (κ1) is 15.6. The van der Waals surface area contributed by atoms with Crippen LogP contribution in [-0.2, 0) is 10.3 Å². The molecule has 0 atom stereocenters. The van der Waals surface area contributed by atoms with Gasteiger partial charge >= 0.3 is 0 Å². The van der Waals surface area contributed by atoms with Crippen molar-refractivity contribution in [1.29, 1.82) is 0 Å². The van der Waals surface area contributed by atoms with Gasteiger partial charge in [0.2, 0.25) is 5.91 Å². The van der Waals surface area contributed by atoms with Crippen LogP contribution in [0.3, 0.4) is 0 Å². The molecule has 4 rings (SSSR count). The highest BCUT2D eigenvalue weighted by Crippen LogP contribution is 2.41. The summed E-state index contributed by atoms with van der Waals surface area (Å²) >= 11 is 0. The lowest BCUT2D eigenvalue weighted by Gasteiger charge is -2.43. The maximum Gasteiger partial charge on any atom is 0.262 e. The van der Waals surface area contributed by atoms with Gasteiger partial charge in [0.1, 0.15) is 6.54 Å². The topological polar surface area (TPSA) is 66.5 Å². The molecule has 1 N–H and O–H groups in total. The molecule has 0 bridgehead atoms. The van der Waals surface area contributed by atoms with Gasteiger partial charge in [0.25, 0.3) is 11.8 Å². The largest absolute Gasteiger partial charge is 0.345 e. The van der Waals surface area contributed by atoms with Crippen LogP contribution in [0.4, 0.5) is 0 Å². The summed E-state index contributed by atoms with van der Waals surface area (Å²) in [4.78, 5) is 38.4. The molecular weight excluding hydrogens is 316 g/mol. The normalized spacial score (nSPS) is 17.8. The number of imide groups is 1. The number of hydrogen-bond donors (Lipinski definition) is 1. The van der Waals surface area contributed by atoms with E-state index in [1.165, 1.54) is 0 Å². The molecule has 1 aliphatic heterocycles. The van der Waals surface area contributed by atoms with E-state index in [4.69, 9.17) is 0 Å². The van der Waals surface area contributed by atoms with Gasteiger partial charge in [0.15, 0.2) is 0 Å². The third-order valence-corrected chi connectivity index (χ3v) is 5.09. The van der Waals surface area contributed by atoms with Gasteiger partial charge in [0, 0.05) is 0 Å². The van der Waals surface area contributed by atoms with Crippen LogP contribution >= 0.6 is 0 Å². The molecule has 1 heterocycles. The third-order valence-electron chi connectivity index (χ3n) is 5.09. The number of carbonyl (C=O) groups excluding carboxylic acids is 3. The van der Waals surface area contributed by atoms with Crippen molar-refractivity contribution in [1.82, 2.24) is 10.2 Å². The quantitative estimate of drug-likeness (QED) is 0.874. The zero-order chi connectivity index (χ0) is 17.4. The van der Waals surface area contributed by atoms with Crippen molar-refractivity contribution in [2.75, 3.05) is 6.54 Å². The molecule has 1 saturated carbocycles. The number of nitrogens with zero attached hydrogens (tertiary/aromatic N) is 1. The van der Waals surface area contributed by atoms with Gasteiger partial charge in [-0.3, -0.25) is 19.3 Å². The van der Waals surface area contributed by atoms with Crippen LogP contribution in [-0.4, -0.2) is 29.2 Å². The van der Waals surface area contributed by atoms with Gasteiger partial charge in [-0.2, -0.15) is 0 Å². The summed E-state index contributed by atoms with van der Waals surface area (Å²) in [7, 11) is 0. The second-order valence-corrected chi connectivity index (χ2v) is 6.59. The smallest absolute Gasteiger partial charge is 0.262 e. The van der Waals surface area contributed by atoms with Gasteiger partial charge < -0.3 is 5.32 Å². The summed E-state index contributed by atoms with van der Waals surface area (Å²) in [6.07, 6.45) is 2.78. The Morgan fingerprint density at radius 3 is 2.00 bits per heavy atom. The lowest BCUT2D eigenvalue weighted by Crippen LogP contribution is -2.53. The van der Waals surface area contributed by atoms with Crippen molar-refractivity contribution >= 4 is 17.7 Å². The highest BCUT2D eigenvalue weighted by atomic mass is 16.2. The molecule has 5 nitrogen and oxygen atoms in total. The Labute approximate surface area is 145 Å². The minimum absolute atomic E-state index is 0.249. The fraction of sp³-hybridized carbons (Fsp3) is 0.250. The molecule has 1 aliphatic carbocycles. The highest BCUT2D eigenvalue weighted by Gasteiger charge is 2.42. The molecule has 3 amide bonds. The molecule has 0 radical (unpaired) electrons. The molecule has 0 saturated heterocycles. The van der Waals surface area contributed by atoms with E-state index in [9.17, 15) is 14.4 Å². The molecule has 126 valence electrons. The first-order valence-corrected chi connectivity index (χ1v) is 8.42. The van der Waals surface area contributed by atoms with Crippen molar-refractivity contribution in [3.63, 3.8) is 0 Å². The monoisotopic (exact) mass is 334 g/mol. The maximum atomic E-state index is 12.6. The van der Waals surface area contributed by atoms with Crippen molar-refractivity contribution in [2.24, 2.45) is 0 Å². The van der Waals surface area contributed by atoms with E-state index in [-0.39, 0.29) is 18.0 Å². The maximum absolute atomic E-state index is 12.6. The first-order valence-electron chi connectivity index (χ1n) is 8.42. The second kappa shape index (κ2) is 5.84. The van der Waals surface area contributed by atoms with Gasteiger partial charge in [0.05, 0.1) is 16.7 Å². The highest BCUT2D eigenvalue weighted by molar-refractivity contribution is 6.22. The summed E-state index contributed by atoms with van der Waals surface area (Å²) in [6.45, 7) is -0.249. The minimum Gasteiger partial charge on any atom is -0.345 e.